The molecule has 1 aliphatic rings. The molecule has 10 nitrogen and oxygen atoms in total. The van der Waals surface area contributed by atoms with Gasteiger partial charge in [-0.3, -0.25) is 4.79 Å². The van der Waals surface area contributed by atoms with Crippen LogP contribution in [0.3, 0.4) is 0 Å². The number of carbonyl (C=O) groups is 2. The van der Waals surface area contributed by atoms with Crippen LogP contribution in [-0.4, -0.2) is 82.3 Å². The highest BCUT2D eigenvalue weighted by Crippen LogP contribution is 2.33. The van der Waals surface area contributed by atoms with Crippen molar-refractivity contribution in [3.63, 3.8) is 0 Å². The first-order valence-electron chi connectivity index (χ1n) is 17.9. The summed E-state index contributed by atoms with van der Waals surface area (Å²) in [6, 6.07) is 22.1. The van der Waals surface area contributed by atoms with Crippen molar-refractivity contribution < 1.29 is 38.0 Å². The summed E-state index contributed by atoms with van der Waals surface area (Å²) >= 11 is 0. The molecular weight excluding hydrogens is 648 g/mol. The molecule has 1 fully saturated rings. The van der Waals surface area contributed by atoms with Crippen molar-refractivity contribution >= 4 is 17.7 Å². The first kappa shape index (κ1) is 39.7. The summed E-state index contributed by atoms with van der Waals surface area (Å²) < 4.78 is 34.8. The van der Waals surface area contributed by atoms with Crippen LogP contribution in [0.2, 0.25) is 0 Å². The Morgan fingerprint density at radius 3 is 2.39 bits per heavy atom. The zero-order chi connectivity index (χ0) is 36.8. The summed E-state index contributed by atoms with van der Waals surface area (Å²) in [5, 5.41) is 0. The molecule has 10 heteroatoms. The van der Waals surface area contributed by atoms with Crippen molar-refractivity contribution in [3.05, 3.63) is 89.0 Å². The number of hydrogen-bond acceptors (Lipinski definition) is 8. The number of amides is 2. The molecule has 1 heterocycles. The lowest BCUT2D eigenvalue weighted by molar-refractivity contribution is -0.116. The van der Waals surface area contributed by atoms with Gasteiger partial charge in [-0.25, -0.2) is 4.79 Å². The summed E-state index contributed by atoms with van der Waals surface area (Å²) in [6.45, 7) is 13.3. The topological polar surface area (TPSA) is 96.0 Å². The van der Waals surface area contributed by atoms with Crippen molar-refractivity contribution in [1.82, 2.24) is 4.90 Å². The van der Waals surface area contributed by atoms with E-state index in [1.807, 2.05) is 82.3 Å². The molecular formula is C41H56N2O8. The van der Waals surface area contributed by atoms with Gasteiger partial charge >= 0.3 is 6.09 Å². The number of methoxy groups -OCH3 is 2. The van der Waals surface area contributed by atoms with Gasteiger partial charge in [-0.2, -0.15) is 0 Å². The van der Waals surface area contributed by atoms with Gasteiger partial charge in [-0.15, -0.1) is 0 Å². The number of hydrogen-bond donors (Lipinski definition) is 0. The molecule has 2 unspecified atom stereocenters. The van der Waals surface area contributed by atoms with Crippen LogP contribution in [-0.2, 0) is 37.0 Å². The van der Waals surface area contributed by atoms with Crippen LogP contribution in [0, 0.1) is 6.92 Å². The number of rotatable bonds is 17. The molecule has 0 aromatic heterocycles. The minimum Gasteiger partial charge on any atom is -0.496 e. The van der Waals surface area contributed by atoms with Gasteiger partial charge in [0.1, 0.15) is 17.1 Å². The molecule has 0 aliphatic carbocycles. The van der Waals surface area contributed by atoms with Crippen LogP contribution < -0.4 is 14.4 Å². The number of piperidine rings is 1. The average Bonchev–Trinajstić information content (AvgIpc) is 3.11. The number of para-hydroxylation sites is 1. The van der Waals surface area contributed by atoms with E-state index in [1.54, 1.807) is 30.9 Å². The Bertz CT molecular complexity index is 1540. The first-order valence-corrected chi connectivity index (χ1v) is 17.9. The van der Waals surface area contributed by atoms with Crippen molar-refractivity contribution in [2.75, 3.05) is 58.6 Å². The van der Waals surface area contributed by atoms with E-state index < -0.39 is 5.60 Å². The molecule has 1 aliphatic heterocycles. The van der Waals surface area contributed by atoms with E-state index in [9.17, 15) is 9.59 Å². The van der Waals surface area contributed by atoms with Crippen molar-refractivity contribution in [3.8, 4) is 11.5 Å². The average molecular weight is 705 g/mol. The Hall–Kier alpha value is -4.12. The molecule has 2 amide bonds. The van der Waals surface area contributed by atoms with Crippen molar-refractivity contribution in [2.45, 2.75) is 84.7 Å². The van der Waals surface area contributed by atoms with E-state index in [2.05, 4.69) is 12.1 Å². The van der Waals surface area contributed by atoms with Gasteiger partial charge in [0, 0.05) is 57.3 Å². The van der Waals surface area contributed by atoms with Crippen LogP contribution in [0.25, 0.3) is 0 Å². The van der Waals surface area contributed by atoms with Gasteiger partial charge in [0.15, 0.2) is 0 Å². The second-order valence-corrected chi connectivity index (χ2v) is 13.9. The maximum atomic E-state index is 13.1. The van der Waals surface area contributed by atoms with E-state index in [-0.39, 0.29) is 24.0 Å². The van der Waals surface area contributed by atoms with Crippen LogP contribution >= 0.6 is 0 Å². The molecule has 1 saturated heterocycles. The third-order valence-electron chi connectivity index (χ3n) is 8.81. The van der Waals surface area contributed by atoms with E-state index in [1.165, 1.54) is 0 Å². The lowest BCUT2D eigenvalue weighted by atomic mass is 9.87. The second-order valence-electron chi connectivity index (χ2n) is 13.9. The predicted molar refractivity (Wildman–Crippen MR) is 199 cm³/mol. The van der Waals surface area contributed by atoms with Crippen LogP contribution in [0.5, 0.6) is 11.5 Å². The largest absolute Gasteiger partial charge is 0.496 e. The molecule has 0 N–H and O–H groups in total. The highest BCUT2D eigenvalue weighted by molar-refractivity contribution is 5.92. The quantitative estimate of drug-likeness (QED) is 0.132. The fourth-order valence-electron chi connectivity index (χ4n) is 6.18. The summed E-state index contributed by atoms with van der Waals surface area (Å²) in [5.41, 5.74) is 4.40. The van der Waals surface area contributed by atoms with E-state index in [4.69, 9.17) is 28.4 Å². The van der Waals surface area contributed by atoms with E-state index in [0.717, 1.165) is 58.7 Å². The Morgan fingerprint density at radius 2 is 1.69 bits per heavy atom. The van der Waals surface area contributed by atoms with Crippen LogP contribution in [0.1, 0.15) is 75.1 Å². The molecule has 0 spiro atoms. The second kappa shape index (κ2) is 19.5. The normalized spacial score (nSPS) is 16.1. The third kappa shape index (κ3) is 12.3. The molecule has 3 aromatic rings. The maximum Gasteiger partial charge on any atom is 0.410 e. The Balaban J connectivity index is 1.39. The Labute approximate surface area is 303 Å². The number of ether oxygens (including phenoxy) is 6. The minimum atomic E-state index is -0.591. The van der Waals surface area contributed by atoms with Crippen LogP contribution in [0.4, 0.5) is 10.5 Å². The maximum absolute atomic E-state index is 13.1. The summed E-state index contributed by atoms with van der Waals surface area (Å²) in [6.07, 6.45) is 1.62. The Morgan fingerprint density at radius 1 is 0.922 bits per heavy atom. The van der Waals surface area contributed by atoms with Crippen molar-refractivity contribution in [2.24, 2.45) is 0 Å². The molecule has 2 atom stereocenters. The molecule has 278 valence electrons. The van der Waals surface area contributed by atoms with E-state index >= 15 is 0 Å². The molecule has 4 rings (SSSR count). The standard InChI is InChI=1S/C41H56N2O8/c1-30-14-15-32(26-37(30)43(31(2)44)21-10-23-46-6)28-50-39-27-42(40(45)51-41(3,4)5)22-20-36(39)33-16-18-35(19-17-33)49-25-11-24-48-29-34-12-8-9-13-38(34)47-7/h8-9,12-19,26,36,39H,10-11,20-25,27-29H2,1-7H3. The number of likely N-dealkylation sites (tertiary alicyclic amines) is 1. The zero-order valence-electron chi connectivity index (χ0n) is 31.4. The fourth-order valence-corrected chi connectivity index (χ4v) is 6.18. The molecule has 3 aromatic carbocycles. The molecule has 0 bridgehead atoms. The zero-order valence-corrected chi connectivity index (χ0v) is 31.4. The van der Waals surface area contributed by atoms with E-state index in [0.29, 0.717) is 52.7 Å². The lowest BCUT2D eigenvalue weighted by Gasteiger charge is -2.39. The Kier molecular flexibility index (Phi) is 15.1. The lowest BCUT2D eigenvalue weighted by Crippen LogP contribution is -2.48. The first-order chi connectivity index (χ1) is 24.5. The summed E-state index contributed by atoms with van der Waals surface area (Å²) in [4.78, 5) is 29.2. The number of anilines is 1. The van der Waals surface area contributed by atoms with Gasteiger partial charge in [-0.1, -0.05) is 42.5 Å². The molecule has 0 saturated carbocycles. The SMILES string of the molecule is COCCCN(C(C)=O)c1cc(COC2CN(C(=O)OC(C)(C)C)CCC2c2ccc(OCCCOCc3ccccc3OC)cc2)ccc1C. The summed E-state index contributed by atoms with van der Waals surface area (Å²) in [5.74, 6) is 1.66. The van der Waals surface area contributed by atoms with Gasteiger partial charge in [-0.05, 0) is 81.5 Å². The van der Waals surface area contributed by atoms with Gasteiger partial charge in [0.05, 0.1) is 46.2 Å². The highest BCUT2D eigenvalue weighted by atomic mass is 16.6. The minimum absolute atomic E-state index is 0.0162. The molecule has 51 heavy (non-hydrogen) atoms. The number of aryl methyl sites for hydroxylation is 1. The van der Waals surface area contributed by atoms with Gasteiger partial charge in [0.2, 0.25) is 5.91 Å². The predicted octanol–water partition coefficient (Wildman–Crippen LogP) is 7.69. The van der Waals surface area contributed by atoms with Gasteiger partial charge in [0.25, 0.3) is 0 Å². The van der Waals surface area contributed by atoms with Crippen LogP contribution in [0.15, 0.2) is 66.7 Å². The van der Waals surface area contributed by atoms with Crippen molar-refractivity contribution in [1.29, 1.82) is 0 Å². The summed E-state index contributed by atoms with van der Waals surface area (Å²) in [7, 11) is 3.33. The fraction of sp³-hybridized carbons (Fsp3) is 0.512. The van der Waals surface area contributed by atoms with Gasteiger partial charge < -0.3 is 38.2 Å². The molecule has 0 radical (unpaired) electrons. The smallest absolute Gasteiger partial charge is 0.410 e. The third-order valence-corrected chi connectivity index (χ3v) is 8.81. The number of nitrogens with zero attached hydrogens (tertiary/aromatic N) is 2. The highest BCUT2D eigenvalue weighted by Gasteiger charge is 2.35. The number of benzene rings is 3. The number of carbonyl (C=O) groups excluding carboxylic acids is 2. The monoisotopic (exact) mass is 704 g/mol.